The molecule has 0 bridgehead atoms. The Labute approximate surface area is 178 Å². The molecular formula is C25H27BO4. The number of hydrogen-bond acceptors (Lipinski definition) is 4. The van der Waals surface area contributed by atoms with E-state index in [1.54, 1.807) is 0 Å². The van der Waals surface area contributed by atoms with E-state index in [0.717, 1.165) is 27.5 Å². The number of hydrogen-bond donors (Lipinski definition) is 0. The van der Waals surface area contributed by atoms with Crippen molar-refractivity contribution >= 4 is 23.4 Å². The Kier molecular flexibility index (Phi) is 4.66. The van der Waals surface area contributed by atoms with E-state index in [1.165, 1.54) is 11.1 Å². The zero-order valence-corrected chi connectivity index (χ0v) is 18.0. The average molecular weight is 402 g/mol. The highest BCUT2D eigenvalue weighted by atomic mass is 16.7. The van der Waals surface area contributed by atoms with Gasteiger partial charge in [0.15, 0.2) is 0 Å². The van der Waals surface area contributed by atoms with Gasteiger partial charge in [-0.05, 0) is 72.8 Å². The summed E-state index contributed by atoms with van der Waals surface area (Å²) in [7, 11) is -0.454. The lowest BCUT2D eigenvalue weighted by molar-refractivity contribution is 0.00578. The van der Waals surface area contributed by atoms with E-state index in [0.29, 0.717) is 19.8 Å². The molecule has 3 aromatic rings. The summed E-state index contributed by atoms with van der Waals surface area (Å²) in [5.74, 6) is 0.815. The van der Waals surface area contributed by atoms with Crippen LogP contribution in [0.2, 0.25) is 0 Å². The van der Waals surface area contributed by atoms with Gasteiger partial charge in [-0.15, -0.1) is 0 Å². The van der Waals surface area contributed by atoms with E-state index >= 15 is 0 Å². The molecule has 30 heavy (non-hydrogen) atoms. The number of ether oxygens (including phenoxy) is 2. The molecule has 0 atom stereocenters. The van der Waals surface area contributed by atoms with Crippen molar-refractivity contribution in [3.05, 3.63) is 71.3 Å². The molecule has 5 rings (SSSR count). The Morgan fingerprint density at radius 2 is 1.63 bits per heavy atom. The largest absolute Gasteiger partial charge is 0.495 e. The topological polar surface area (TPSA) is 36.9 Å². The second kappa shape index (κ2) is 7.12. The molecular weight excluding hydrogens is 375 g/mol. The standard InChI is InChI=1S/C25H27BO4/c1-24(2)25(3,4)30-26(29-24)22-13-20(28-14-17-8-6-5-7-9-17)12-18-10-11-19-15-27-16-21(19)23(18)22/h5-13H,14-16H2,1-4H3. The van der Waals surface area contributed by atoms with Gasteiger partial charge in [0.2, 0.25) is 0 Å². The first kappa shape index (κ1) is 19.6. The molecule has 0 aromatic heterocycles. The van der Waals surface area contributed by atoms with Gasteiger partial charge in [0.25, 0.3) is 0 Å². The van der Waals surface area contributed by atoms with Gasteiger partial charge in [-0.25, -0.2) is 0 Å². The van der Waals surface area contributed by atoms with Gasteiger partial charge < -0.3 is 18.8 Å². The maximum absolute atomic E-state index is 6.42. The first-order valence-electron chi connectivity index (χ1n) is 10.5. The van der Waals surface area contributed by atoms with Crippen LogP contribution in [0.15, 0.2) is 54.6 Å². The van der Waals surface area contributed by atoms with Crippen molar-refractivity contribution < 1.29 is 18.8 Å². The highest BCUT2D eigenvalue weighted by Crippen LogP contribution is 2.38. The predicted octanol–water partition coefficient (Wildman–Crippen LogP) is 4.75. The van der Waals surface area contributed by atoms with Gasteiger partial charge in [0.1, 0.15) is 12.4 Å². The summed E-state index contributed by atoms with van der Waals surface area (Å²) < 4.78 is 24.8. The van der Waals surface area contributed by atoms with Crippen molar-refractivity contribution in [1.82, 2.24) is 0 Å². The Bertz CT molecular complexity index is 1080. The quantitative estimate of drug-likeness (QED) is 0.591. The summed E-state index contributed by atoms with van der Waals surface area (Å²) in [6.07, 6.45) is 0. The molecule has 0 spiro atoms. The van der Waals surface area contributed by atoms with Crippen LogP contribution in [0, 0.1) is 0 Å². The molecule has 2 aliphatic rings. The molecule has 3 aromatic carbocycles. The summed E-state index contributed by atoms with van der Waals surface area (Å²) in [6, 6.07) is 18.7. The van der Waals surface area contributed by atoms with Crippen LogP contribution in [0.4, 0.5) is 0 Å². The molecule has 0 N–H and O–H groups in total. The molecule has 0 saturated carbocycles. The monoisotopic (exact) mass is 402 g/mol. The molecule has 4 nitrogen and oxygen atoms in total. The van der Waals surface area contributed by atoms with Crippen molar-refractivity contribution in [2.45, 2.75) is 58.7 Å². The normalized spacial score (nSPS) is 19.3. The van der Waals surface area contributed by atoms with E-state index in [9.17, 15) is 0 Å². The van der Waals surface area contributed by atoms with Crippen molar-refractivity contribution in [3.8, 4) is 5.75 Å². The summed E-state index contributed by atoms with van der Waals surface area (Å²) in [5, 5.41) is 2.28. The summed E-state index contributed by atoms with van der Waals surface area (Å²) in [6.45, 7) is 10.1. The van der Waals surface area contributed by atoms with Gasteiger partial charge in [0.05, 0.1) is 24.4 Å². The van der Waals surface area contributed by atoms with E-state index in [2.05, 4.69) is 64.1 Å². The van der Waals surface area contributed by atoms with Crippen molar-refractivity contribution in [2.24, 2.45) is 0 Å². The first-order chi connectivity index (χ1) is 14.3. The maximum Gasteiger partial charge on any atom is 0.495 e. The minimum atomic E-state index is -0.454. The van der Waals surface area contributed by atoms with E-state index in [-0.39, 0.29) is 0 Å². The highest BCUT2D eigenvalue weighted by molar-refractivity contribution is 6.65. The molecule has 2 aliphatic heterocycles. The number of benzene rings is 3. The van der Waals surface area contributed by atoms with E-state index in [1.807, 2.05) is 18.2 Å². The van der Waals surface area contributed by atoms with E-state index < -0.39 is 18.3 Å². The molecule has 0 unspecified atom stereocenters. The highest BCUT2D eigenvalue weighted by Gasteiger charge is 2.52. The summed E-state index contributed by atoms with van der Waals surface area (Å²) in [4.78, 5) is 0. The first-order valence-corrected chi connectivity index (χ1v) is 10.5. The number of rotatable bonds is 4. The minimum Gasteiger partial charge on any atom is -0.489 e. The predicted molar refractivity (Wildman–Crippen MR) is 119 cm³/mol. The smallest absolute Gasteiger partial charge is 0.489 e. The van der Waals surface area contributed by atoms with Crippen LogP contribution >= 0.6 is 0 Å². The van der Waals surface area contributed by atoms with Crippen LogP contribution in [0.3, 0.4) is 0 Å². The third kappa shape index (κ3) is 3.31. The third-order valence-electron chi connectivity index (χ3n) is 6.59. The lowest BCUT2D eigenvalue weighted by atomic mass is 9.74. The van der Waals surface area contributed by atoms with Gasteiger partial charge in [0, 0.05) is 0 Å². The number of fused-ring (bicyclic) bond motifs is 3. The van der Waals surface area contributed by atoms with Crippen molar-refractivity contribution in [3.63, 3.8) is 0 Å². The zero-order valence-electron chi connectivity index (χ0n) is 18.0. The van der Waals surface area contributed by atoms with Crippen molar-refractivity contribution in [1.29, 1.82) is 0 Å². The molecule has 2 heterocycles. The second-order valence-electron chi connectivity index (χ2n) is 9.17. The summed E-state index contributed by atoms with van der Waals surface area (Å²) >= 11 is 0. The fourth-order valence-corrected chi connectivity index (χ4v) is 4.13. The Morgan fingerprint density at radius 1 is 0.900 bits per heavy atom. The fraction of sp³-hybridized carbons (Fsp3) is 0.360. The fourth-order valence-electron chi connectivity index (χ4n) is 4.13. The van der Waals surface area contributed by atoms with Crippen LogP contribution in [0.25, 0.3) is 10.8 Å². The SMILES string of the molecule is CC1(C)OB(c2cc(OCc3ccccc3)cc3ccc4c(c23)COC4)OC1(C)C. The van der Waals surface area contributed by atoms with Crippen LogP contribution in [-0.2, 0) is 33.9 Å². The molecule has 1 fully saturated rings. The second-order valence-corrected chi connectivity index (χ2v) is 9.17. The van der Waals surface area contributed by atoms with Gasteiger partial charge in [-0.3, -0.25) is 0 Å². The molecule has 1 saturated heterocycles. The third-order valence-corrected chi connectivity index (χ3v) is 6.59. The zero-order chi connectivity index (χ0) is 20.9. The molecule has 0 amide bonds. The molecule has 154 valence electrons. The maximum atomic E-state index is 6.42. The lowest BCUT2D eigenvalue weighted by Gasteiger charge is -2.32. The lowest BCUT2D eigenvalue weighted by Crippen LogP contribution is -2.41. The van der Waals surface area contributed by atoms with Crippen LogP contribution in [-0.4, -0.2) is 18.3 Å². The average Bonchev–Trinajstić information content (AvgIpc) is 3.28. The molecule has 5 heteroatoms. The molecule has 0 aliphatic carbocycles. The Hall–Kier alpha value is -2.34. The van der Waals surface area contributed by atoms with Crippen LogP contribution in [0.5, 0.6) is 5.75 Å². The Balaban J connectivity index is 1.59. The van der Waals surface area contributed by atoms with Gasteiger partial charge in [-0.1, -0.05) is 42.5 Å². The van der Waals surface area contributed by atoms with Gasteiger partial charge in [-0.2, -0.15) is 0 Å². The minimum absolute atomic E-state index is 0.403. The van der Waals surface area contributed by atoms with Crippen LogP contribution < -0.4 is 10.2 Å². The van der Waals surface area contributed by atoms with Gasteiger partial charge >= 0.3 is 7.12 Å². The van der Waals surface area contributed by atoms with E-state index in [4.69, 9.17) is 18.8 Å². The molecule has 0 radical (unpaired) electrons. The van der Waals surface area contributed by atoms with Crippen molar-refractivity contribution in [2.75, 3.05) is 0 Å². The van der Waals surface area contributed by atoms with Crippen LogP contribution in [0.1, 0.15) is 44.4 Å². The summed E-state index contributed by atoms with van der Waals surface area (Å²) in [5.41, 5.74) is 3.80. The Morgan fingerprint density at radius 3 is 2.37 bits per heavy atom.